The van der Waals surface area contributed by atoms with Crippen LogP contribution >= 0.6 is 11.3 Å². The summed E-state index contributed by atoms with van der Waals surface area (Å²) in [5.41, 5.74) is 0.656. The minimum absolute atomic E-state index is 0.0328. The van der Waals surface area contributed by atoms with Gasteiger partial charge in [0.1, 0.15) is 6.61 Å². The maximum atomic E-state index is 13.1. The molecule has 6 nitrogen and oxygen atoms in total. The molecule has 1 aromatic rings. The first-order valence-corrected chi connectivity index (χ1v) is 8.75. The number of nitrogens with zero attached hydrogens (tertiary/aromatic N) is 2. The molecule has 2 atom stereocenters. The summed E-state index contributed by atoms with van der Waals surface area (Å²) in [7, 11) is 3.37. The average Bonchev–Trinajstić information content (AvgIpc) is 3.21. The molecule has 2 saturated heterocycles. The van der Waals surface area contributed by atoms with E-state index in [1.165, 1.54) is 7.11 Å². The predicted octanol–water partition coefficient (Wildman–Crippen LogP) is 0.401. The third kappa shape index (κ3) is 3.00. The predicted molar refractivity (Wildman–Crippen MR) is 88.0 cm³/mol. The van der Waals surface area contributed by atoms with Crippen LogP contribution in [-0.2, 0) is 20.9 Å². The van der Waals surface area contributed by atoms with E-state index in [0.717, 1.165) is 12.1 Å². The Morgan fingerprint density at radius 3 is 3.09 bits per heavy atom. The molecule has 0 aliphatic carbocycles. The summed E-state index contributed by atoms with van der Waals surface area (Å²) in [6, 6.07) is 2.04. The number of fused-ring (bicyclic) bond motifs is 1. The highest BCUT2D eigenvalue weighted by molar-refractivity contribution is 7.07. The molecule has 2 aliphatic rings. The Morgan fingerprint density at radius 2 is 2.39 bits per heavy atom. The van der Waals surface area contributed by atoms with Gasteiger partial charge in [-0.3, -0.25) is 9.59 Å². The number of likely N-dealkylation sites (tertiary alicyclic amines) is 1. The second kappa shape index (κ2) is 6.59. The molecule has 0 saturated carbocycles. The lowest BCUT2D eigenvalue weighted by Crippen LogP contribution is -2.48. The van der Waals surface area contributed by atoms with Crippen molar-refractivity contribution >= 4 is 23.2 Å². The number of carbonyl (C=O) groups is 2. The molecule has 0 radical (unpaired) electrons. The fourth-order valence-electron chi connectivity index (χ4n) is 3.74. The number of nitrogens with one attached hydrogen (secondary N) is 1. The summed E-state index contributed by atoms with van der Waals surface area (Å²) in [4.78, 5) is 28.8. The second-order valence-electron chi connectivity index (χ2n) is 6.48. The topological polar surface area (TPSA) is 61.9 Å². The van der Waals surface area contributed by atoms with Crippen LogP contribution in [0, 0.1) is 11.3 Å². The summed E-state index contributed by atoms with van der Waals surface area (Å²) < 4.78 is 4.95. The molecule has 0 spiro atoms. The molecule has 23 heavy (non-hydrogen) atoms. The Morgan fingerprint density at radius 1 is 1.57 bits per heavy atom. The van der Waals surface area contributed by atoms with E-state index in [-0.39, 0.29) is 24.3 Å². The Balaban J connectivity index is 1.73. The molecular weight excluding hydrogens is 314 g/mol. The van der Waals surface area contributed by atoms with Crippen molar-refractivity contribution in [3.05, 3.63) is 22.4 Å². The van der Waals surface area contributed by atoms with E-state index < -0.39 is 5.41 Å². The van der Waals surface area contributed by atoms with Gasteiger partial charge in [0.2, 0.25) is 11.8 Å². The van der Waals surface area contributed by atoms with Crippen LogP contribution in [-0.4, -0.2) is 68.6 Å². The van der Waals surface area contributed by atoms with E-state index in [1.807, 2.05) is 18.5 Å². The van der Waals surface area contributed by atoms with Gasteiger partial charge in [-0.2, -0.15) is 11.3 Å². The van der Waals surface area contributed by atoms with E-state index >= 15 is 0 Å². The van der Waals surface area contributed by atoms with Gasteiger partial charge in [0.05, 0.1) is 5.41 Å². The van der Waals surface area contributed by atoms with Gasteiger partial charge in [0, 0.05) is 52.8 Å². The molecule has 7 heteroatoms. The lowest BCUT2D eigenvalue weighted by Gasteiger charge is -2.31. The summed E-state index contributed by atoms with van der Waals surface area (Å²) in [5.74, 6) is 0.279. The van der Waals surface area contributed by atoms with Crippen LogP contribution in [0.15, 0.2) is 16.8 Å². The van der Waals surface area contributed by atoms with E-state index in [1.54, 1.807) is 21.1 Å². The van der Waals surface area contributed by atoms with Crippen LogP contribution in [0.3, 0.4) is 0 Å². The summed E-state index contributed by atoms with van der Waals surface area (Å²) in [6.45, 7) is 3.24. The third-order valence-electron chi connectivity index (χ3n) is 4.92. The third-order valence-corrected chi connectivity index (χ3v) is 5.65. The summed E-state index contributed by atoms with van der Waals surface area (Å²) >= 11 is 1.64. The lowest BCUT2D eigenvalue weighted by atomic mass is 9.79. The van der Waals surface area contributed by atoms with Crippen molar-refractivity contribution in [2.45, 2.75) is 6.54 Å². The van der Waals surface area contributed by atoms with Crippen molar-refractivity contribution in [1.29, 1.82) is 0 Å². The number of amides is 2. The van der Waals surface area contributed by atoms with Gasteiger partial charge in [-0.15, -0.1) is 0 Å². The number of thiophene rings is 1. The normalized spacial score (nSPS) is 26.3. The van der Waals surface area contributed by atoms with Gasteiger partial charge in [0.25, 0.3) is 0 Å². The molecule has 2 fully saturated rings. The number of hydrogen-bond acceptors (Lipinski definition) is 5. The molecule has 2 aliphatic heterocycles. The summed E-state index contributed by atoms with van der Waals surface area (Å²) in [5, 5.41) is 7.42. The number of rotatable bonds is 5. The lowest BCUT2D eigenvalue weighted by molar-refractivity contribution is -0.142. The van der Waals surface area contributed by atoms with E-state index in [0.29, 0.717) is 26.2 Å². The molecule has 0 aromatic carbocycles. The molecule has 0 unspecified atom stereocenters. The monoisotopic (exact) mass is 337 g/mol. The quantitative estimate of drug-likeness (QED) is 0.845. The van der Waals surface area contributed by atoms with Crippen LogP contribution in [0.25, 0.3) is 0 Å². The van der Waals surface area contributed by atoms with E-state index in [2.05, 4.69) is 10.7 Å². The highest BCUT2D eigenvalue weighted by Gasteiger charge is 2.56. The molecule has 2 amide bonds. The van der Waals surface area contributed by atoms with Crippen LogP contribution < -0.4 is 5.32 Å². The maximum absolute atomic E-state index is 13.1. The van der Waals surface area contributed by atoms with Crippen LogP contribution in [0.5, 0.6) is 0 Å². The van der Waals surface area contributed by atoms with Crippen molar-refractivity contribution in [1.82, 2.24) is 15.1 Å². The van der Waals surface area contributed by atoms with E-state index in [9.17, 15) is 9.59 Å². The molecule has 126 valence electrons. The number of methoxy groups -OCH3 is 1. The maximum Gasteiger partial charge on any atom is 0.248 e. The zero-order chi connectivity index (χ0) is 16.4. The van der Waals surface area contributed by atoms with Gasteiger partial charge < -0.3 is 19.9 Å². The largest absolute Gasteiger partial charge is 0.375 e. The molecular formula is C16H23N3O3S. The first-order chi connectivity index (χ1) is 11.1. The number of carbonyl (C=O) groups excluding carboxylic acids is 2. The molecule has 1 N–H and O–H groups in total. The van der Waals surface area contributed by atoms with Gasteiger partial charge in [-0.1, -0.05) is 0 Å². The minimum Gasteiger partial charge on any atom is -0.375 e. The average molecular weight is 337 g/mol. The van der Waals surface area contributed by atoms with Gasteiger partial charge in [0.15, 0.2) is 0 Å². The Bertz CT molecular complexity index is 577. The van der Waals surface area contributed by atoms with Crippen molar-refractivity contribution < 1.29 is 14.3 Å². The van der Waals surface area contributed by atoms with Crippen LogP contribution in [0.1, 0.15) is 5.56 Å². The van der Waals surface area contributed by atoms with Crippen LogP contribution in [0.4, 0.5) is 0 Å². The molecule has 0 bridgehead atoms. The fraction of sp³-hybridized carbons (Fsp3) is 0.625. The van der Waals surface area contributed by atoms with Crippen molar-refractivity contribution in [3.8, 4) is 0 Å². The van der Waals surface area contributed by atoms with Gasteiger partial charge in [-0.25, -0.2) is 0 Å². The highest BCUT2D eigenvalue weighted by atomic mass is 32.1. The van der Waals surface area contributed by atoms with E-state index in [4.69, 9.17) is 4.74 Å². The Hall–Kier alpha value is -1.44. The Kier molecular flexibility index (Phi) is 4.70. The smallest absolute Gasteiger partial charge is 0.248 e. The van der Waals surface area contributed by atoms with Gasteiger partial charge in [-0.05, 0) is 22.4 Å². The minimum atomic E-state index is -0.492. The van der Waals surface area contributed by atoms with Crippen molar-refractivity contribution in [2.75, 3.05) is 46.9 Å². The fourth-order valence-corrected chi connectivity index (χ4v) is 4.40. The zero-order valence-corrected chi connectivity index (χ0v) is 14.4. The second-order valence-corrected chi connectivity index (χ2v) is 7.26. The van der Waals surface area contributed by atoms with Gasteiger partial charge >= 0.3 is 0 Å². The Labute approximate surface area is 140 Å². The van der Waals surface area contributed by atoms with Crippen molar-refractivity contribution in [2.24, 2.45) is 11.3 Å². The molecule has 3 rings (SSSR count). The summed E-state index contributed by atoms with van der Waals surface area (Å²) in [6.07, 6.45) is 0. The molecule has 3 heterocycles. The number of ether oxygens (including phenoxy) is 1. The van der Waals surface area contributed by atoms with Crippen molar-refractivity contribution in [3.63, 3.8) is 0 Å². The molecule has 1 aromatic heterocycles. The van der Waals surface area contributed by atoms with Crippen LogP contribution in [0.2, 0.25) is 0 Å². The first kappa shape index (κ1) is 16.4. The number of hydrogen-bond donors (Lipinski definition) is 1. The zero-order valence-electron chi connectivity index (χ0n) is 13.6. The first-order valence-electron chi connectivity index (χ1n) is 7.81. The standard InChI is InChI=1S/C16H23N3O3S/c1-18(6-12-3-4-23-9-12)15(21)16-10-17-5-13(16)7-19(11-16)14(20)8-22-2/h3-4,9,13,17H,5-8,10-11H2,1-2H3/t13-,16-/m1/s1. The SMILES string of the molecule is COCC(=O)N1C[C@H]2CNC[C@@]2(C(=O)N(C)Cc2ccsc2)C1. The highest BCUT2D eigenvalue weighted by Crippen LogP contribution is 2.40.